The summed E-state index contributed by atoms with van der Waals surface area (Å²) >= 11 is 0. The summed E-state index contributed by atoms with van der Waals surface area (Å²) in [5, 5.41) is 11.9. The molecule has 0 saturated carbocycles. The van der Waals surface area contributed by atoms with E-state index in [0.29, 0.717) is 12.8 Å². The van der Waals surface area contributed by atoms with Gasteiger partial charge in [0.2, 0.25) is 5.91 Å². The lowest BCUT2D eigenvalue weighted by molar-refractivity contribution is -0.122. The number of hydrogen-bond acceptors (Lipinski definition) is 4. The molecule has 0 heterocycles. The molecule has 2 rings (SSSR count). The Morgan fingerprint density at radius 3 is 2.19 bits per heavy atom. The van der Waals surface area contributed by atoms with E-state index in [9.17, 15) is 9.59 Å². The molecule has 6 heteroatoms. The fourth-order valence-electron chi connectivity index (χ4n) is 2.90. The average molecular weight is 371 g/mol. The van der Waals surface area contributed by atoms with E-state index in [4.69, 9.17) is 14.6 Å². The van der Waals surface area contributed by atoms with Crippen molar-refractivity contribution in [2.75, 3.05) is 14.2 Å². The van der Waals surface area contributed by atoms with Gasteiger partial charge in [0, 0.05) is 13.5 Å². The molecule has 2 N–H and O–H groups in total. The lowest BCUT2D eigenvalue weighted by Crippen LogP contribution is -2.37. The number of carboxylic acid groups (broad SMARTS) is 1. The lowest BCUT2D eigenvalue weighted by Gasteiger charge is -2.24. The number of methoxy groups -OCH3 is 2. The van der Waals surface area contributed by atoms with Crippen LogP contribution in [0.15, 0.2) is 48.5 Å². The fourth-order valence-corrected chi connectivity index (χ4v) is 2.90. The first kappa shape index (κ1) is 20.5. The summed E-state index contributed by atoms with van der Waals surface area (Å²) in [5.41, 5.74) is 2.11. The van der Waals surface area contributed by atoms with Crippen LogP contribution in [0.1, 0.15) is 40.9 Å². The molecule has 2 unspecified atom stereocenters. The van der Waals surface area contributed by atoms with Crippen molar-refractivity contribution in [1.82, 2.24) is 5.32 Å². The van der Waals surface area contributed by atoms with E-state index in [1.165, 1.54) is 0 Å². The van der Waals surface area contributed by atoms with Gasteiger partial charge in [-0.15, -0.1) is 0 Å². The van der Waals surface area contributed by atoms with Crippen LogP contribution in [-0.2, 0) is 16.0 Å². The van der Waals surface area contributed by atoms with E-state index in [2.05, 4.69) is 5.32 Å². The van der Waals surface area contributed by atoms with E-state index >= 15 is 0 Å². The molecule has 0 aromatic heterocycles. The van der Waals surface area contributed by atoms with Gasteiger partial charge < -0.3 is 19.9 Å². The summed E-state index contributed by atoms with van der Waals surface area (Å²) in [7, 11) is 3.22. The minimum Gasteiger partial charge on any atom is -0.497 e. The Kier molecular flexibility index (Phi) is 7.37. The Hall–Kier alpha value is -2.86. The Balaban J connectivity index is 1.89. The third kappa shape index (κ3) is 5.82. The van der Waals surface area contributed by atoms with Crippen molar-refractivity contribution >= 4 is 11.9 Å². The smallest absolute Gasteiger partial charge is 0.335 e. The molecular weight excluding hydrogens is 346 g/mol. The maximum Gasteiger partial charge on any atom is 0.335 e. The zero-order chi connectivity index (χ0) is 19.8. The van der Waals surface area contributed by atoms with Crippen molar-refractivity contribution < 1.29 is 24.2 Å². The van der Waals surface area contributed by atoms with Crippen LogP contribution in [0.2, 0.25) is 0 Å². The summed E-state index contributed by atoms with van der Waals surface area (Å²) in [5.74, 6) is -0.281. The Morgan fingerprint density at radius 2 is 1.67 bits per heavy atom. The number of amides is 1. The molecule has 2 atom stereocenters. The predicted octanol–water partition coefficient (Wildman–Crippen LogP) is 3.22. The Labute approximate surface area is 159 Å². The molecule has 27 heavy (non-hydrogen) atoms. The second kappa shape index (κ2) is 9.73. The van der Waals surface area contributed by atoms with E-state index < -0.39 is 5.97 Å². The molecule has 0 aliphatic carbocycles. The fraction of sp³-hybridized carbons (Fsp3) is 0.333. The first-order chi connectivity index (χ1) is 12.9. The van der Waals surface area contributed by atoms with Gasteiger partial charge >= 0.3 is 5.97 Å². The highest BCUT2D eigenvalue weighted by atomic mass is 16.5. The topological polar surface area (TPSA) is 84.9 Å². The number of benzene rings is 2. The van der Waals surface area contributed by atoms with Crippen molar-refractivity contribution in [2.45, 2.75) is 31.9 Å². The first-order valence-corrected chi connectivity index (χ1v) is 8.73. The van der Waals surface area contributed by atoms with Crippen molar-refractivity contribution in [3.63, 3.8) is 0 Å². The molecular formula is C21H25NO5. The first-order valence-electron chi connectivity index (χ1n) is 8.73. The van der Waals surface area contributed by atoms with Gasteiger partial charge in [0.15, 0.2) is 0 Å². The monoisotopic (exact) mass is 371 g/mol. The van der Waals surface area contributed by atoms with E-state index in [1.807, 2.05) is 31.2 Å². The van der Waals surface area contributed by atoms with Crippen LogP contribution in [-0.4, -0.2) is 37.2 Å². The second-order valence-corrected chi connectivity index (χ2v) is 6.29. The van der Waals surface area contributed by atoms with Crippen LogP contribution < -0.4 is 10.1 Å². The van der Waals surface area contributed by atoms with E-state index in [-0.39, 0.29) is 23.6 Å². The third-order valence-electron chi connectivity index (χ3n) is 4.38. The number of ether oxygens (including phenoxy) is 2. The van der Waals surface area contributed by atoms with Crippen LogP contribution >= 0.6 is 0 Å². The number of rotatable bonds is 9. The summed E-state index contributed by atoms with van der Waals surface area (Å²) in [6.45, 7) is 1.90. The highest BCUT2D eigenvalue weighted by Crippen LogP contribution is 2.23. The standard InChI is InChI=1S/C21H25NO5/c1-14(20(27-3)16-9-11-18(26-2)12-10-16)22-19(23)13-6-15-4-7-17(8-5-15)21(24)25/h4-5,7-12,14,20H,6,13H2,1-3H3,(H,22,23)(H,24,25). The normalized spacial score (nSPS) is 12.9. The maximum absolute atomic E-state index is 12.3. The number of carbonyl (C=O) groups excluding carboxylic acids is 1. The Bertz CT molecular complexity index is 755. The van der Waals surface area contributed by atoms with Gasteiger partial charge in [0.1, 0.15) is 11.9 Å². The maximum atomic E-state index is 12.3. The van der Waals surface area contributed by atoms with Crippen LogP contribution in [0, 0.1) is 0 Å². The number of hydrogen-bond donors (Lipinski definition) is 2. The number of aryl methyl sites for hydroxylation is 1. The van der Waals surface area contributed by atoms with E-state index in [1.54, 1.807) is 38.5 Å². The molecule has 2 aromatic rings. The zero-order valence-electron chi connectivity index (χ0n) is 15.8. The molecule has 0 saturated heterocycles. The van der Waals surface area contributed by atoms with Gasteiger partial charge in [-0.25, -0.2) is 4.79 Å². The van der Waals surface area contributed by atoms with Gasteiger partial charge in [-0.2, -0.15) is 0 Å². The highest BCUT2D eigenvalue weighted by Gasteiger charge is 2.20. The minimum absolute atomic E-state index is 0.0830. The Morgan fingerprint density at radius 1 is 1.04 bits per heavy atom. The molecule has 0 radical (unpaired) electrons. The number of nitrogens with one attached hydrogen (secondary N) is 1. The van der Waals surface area contributed by atoms with Gasteiger partial charge in [0.25, 0.3) is 0 Å². The molecule has 0 aliphatic heterocycles. The molecule has 0 bridgehead atoms. The largest absolute Gasteiger partial charge is 0.497 e. The summed E-state index contributed by atoms with van der Waals surface area (Å²) in [6, 6.07) is 13.9. The highest BCUT2D eigenvalue weighted by molar-refractivity contribution is 5.87. The van der Waals surface area contributed by atoms with E-state index in [0.717, 1.165) is 16.9 Å². The predicted molar refractivity (Wildman–Crippen MR) is 102 cm³/mol. The van der Waals surface area contributed by atoms with Gasteiger partial charge in [-0.3, -0.25) is 4.79 Å². The quantitative estimate of drug-likeness (QED) is 0.707. The SMILES string of the molecule is COc1ccc(C(OC)C(C)NC(=O)CCc2ccc(C(=O)O)cc2)cc1. The molecule has 0 aliphatic rings. The second-order valence-electron chi connectivity index (χ2n) is 6.29. The van der Waals surface area contributed by atoms with Gasteiger partial charge in [-0.1, -0.05) is 24.3 Å². The summed E-state index contributed by atoms with van der Waals surface area (Å²) in [4.78, 5) is 23.1. The van der Waals surface area contributed by atoms with Crippen LogP contribution in [0.3, 0.4) is 0 Å². The van der Waals surface area contributed by atoms with Crippen LogP contribution in [0.25, 0.3) is 0 Å². The molecule has 1 amide bonds. The average Bonchev–Trinajstić information content (AvgIpc) is 2.67. The number of carboxylic acids is 1. The molecule has 2 aromatic carbocycles. The molecule has 0 spiro atoms. The summed E-state index contributed by atoms with van der Waals surface area (Å²) < 4.78 is 10.7. The van der Waals surface area contributed by atoms with Crippen LogP contribution in [0.4, 0.5) is 0 Å². The number of aromatic carboxylic acids is 1. The van der Waals surface area contributed by atoms with Gasteiger partial charge in [-0.05, 0) is 48.7 Å². The van der Waals surface area contributed by atoms with Crippen LogP contribution in [0.5, 0.6) is 5.75 Å². The van der Waals surface area contributed by atoms with Crippen molar-refractivity contribution in [3.8, 4) is 5.75 Å². The third-order valence-corrected chi connectivity index (χ3v) is 4.38. The lowest BCUT2D eigenvalue weighted by atomic mass is 10.0. The number of carbonyl (C=O) groups is 2. The van der Waals surface area contributed by atoms with Gasteiger partial charge in [0.05, 0.1) is 18.7 Å². The zero-order valence-corrected chi connectivity index (χ0v) is 15.8. The molecule has 0 fully saturated rings. The molecule has 6 nitrogen and oxygen atoms in total. The van der Waals surface area contributed by atoms with Crippen molar-refractivity contribution in [2.24, 2.45) is 0 Å². The van der Waals surface area contributed by atoms with Crippen molar-refractivity contribution in [3.05, 3.63) is 65.2 Å². The van der Waals surface area contributed by atoms with Crippen molar-refractivity contribution in [1.29, 1.82) is 0 Å². The minimum atomic E-state index is -0.961. The summed E-state index contributed by atoms with van der Waals surface area (Å²) in [6.07, 6.45) is 0.587. The molecule has 144 valence electrons.